The van der Waals surface area contributed by atoms with Crippen LogP contribution >= 0.6 is 0 Å². The van der Waals surface area contributed by atoms with Crippen LogP contribution in [0.4, 0.5) is 0 Å². The lowest BCUT2D eigenvalue weighted by Crippen LogP contribution is -2.29. The molecule has 0 aliphatic heterocycles. The average Bonchev–Trinajstić information content (AvgIpc) is 2.22. The Kier molecular flexibility index (Phi) is 4.85. The normalized spacial score (nSPS) is 10.0. The fraction of sp³-hybridized carbons (Fsp3) is 0.400. The number of aromatic nitrogens is 2. The second-order valence-electron chi connectivity index (χ2n) is 3.64. The molecule has 0 aliphatic carbocycles. The summed E-state index contributed by atoms with van der Waals surface area (Å²) >= 11 is 0. The molecule has 0 radical (unpaired) electrons. The molecule has 4 N–H and O–H groups in total. The molecule has 0 saturated heterocycles. The highest BCUT2D eigenvalue weighted by molar-refractivity contribution is 5.78. The fourth-order valence-electron chi connectivity index (χ4n) is 1.32. The zero-order valence-corrected chi connectivity index (χ0v) is 9.49. The molecule has 0 saturated carbocycles. The minimum Gasteiger partial charge on any atom is -0.481 e. The van der Waals surface area contributed by atoms with Crippen LogP contribution in [0, 0.1) is 0 Å². The summed E-state index contributed by atoms with van der Waals surface area (Å²) in [5, 5.41) is 10.9. The Morgan fingerprint density at radius 3 is 2.61 bits per heavy atom. The zero-order chi connectivity index (χ0) is 13.5. The Morgan fingerprint density at radius 1 is 1.28 bits per heavy atom. The van der Waals surface area contributed by atoms with Gasteiger partial charge in [0.15, 0.2) is 0 Å². The van der Waals surface area contributed by atoms with Crippen molar-refractivity contribution < 1.29 is 14.7 Å². The number of carboxylic acid groups (broad SMARTS) is 1. The van der Waals surface area contributed by atoms with Gasteiger partial charge in [0.05, 0.1) is 6.42 Å². The van der Waals surface area contributed by atoms with Gasteiger partial charge in [-0.05, 0) is 6.42 Å². The van der Waals surface area contributed by atoms with Crippen molar-refractivity contribution in [2.75, 3.05) is 6.54 Å². The number of aromatic amines is 2. The van der Waals surface area contributed by atoms with E-state index in [9.17, 15) is 19.2 Å². The van der Waals surface area contributed by atoms with Crippen molar-refractivity contribution in [1.82, 2.24) is 15.3 Å². The third-order valence-corrected chi connectivity index (χ3v) is 2.06. The maximum absolute atomic E-state index is 11.4. The number of amides is 1. The van der Waals surface area contributed by atoms with Crippen LogP contribution < -0.4 is 16.6 Å². The zero-order valence-electron chi connectivity index (χ0n) is 9.49. The van der Waals surface area contributed by atoms with E-state index in [0.29, 0.717) is 6.42 Å². The minimum absolute atomic E-state index is 0.0257. The summed E-state index contributed by atoms with van der Waals surface area (Å²) in [6.45, 7) is 0.235. The van der Waals surface area contributed by atoms with Crippen molar-refractivity contribution in [3.63, 3.8) is 0 Å². The molecule has 1 amide bonds. The van der Waals surface area contributed by atoms with Crippen LogP contribution in [-0.4, -0.2) is 33.5 Å². The Morgan fingerprint density at radius 2 is 2.00 bits per heavy atom. The molecular formula is C10H13N3O5. The third kappa shape index (κ3) is 5.10. The molecule has 0 unspecified atom stereocenters. The molecule has 1 heterocycles. The number of nitrogens with one attached hydrogen (secondary N) is 3. The predicted octanol–water partition coefficient (Wildman–Crippen LogP) is -1.41. The summed E-state index contributed by atoms with van der Waals surface area (Å²) in [5.74, 6) is -1.31. The van der Waals surface area contributed by atoms with Crippen molar-refractivity contribution in [2.24, 2.45) is 0 Å². The van der Waals surface area contributed by atoms with E-state index in [1.165, 1.54) is 0 Å². The van der Waals surface area contributed by atoms with Gasteiger partial charge in [0.1, 0.15) is 0 Å². The van der Waals surface area contributed by atoms with Crippen molar-refractivity contribution >= 4 is 11.9 Å². The summed E-state index contributed by atoms with van der Waals surface area (Å²) in [5.41, 5.74) is -1.04. The number of carboxylic acids is 1. The average molecular weight is 255 g/mol. The van der Waals surface area contributed by atoms with Gasteiger partial charge in [0, 0.05) is 24.7 Å². The number of hydrogen-bond acceptors (Lipinski definition) is 4. The van der Waals surface area contributed by atoms with E-state index in [2.05, 4.69) is 10.3 Å². The van der Waals surface area contributed by atoms with E-state index in [1.807, 2.05) is 4.98 Å². The number of H-pyrrole nitrogens is 2. The smallest absolute Gasteiger partial charge is 0.325 e. The van der Waals surface area contributed by atoms with E-state index in [1.54, 1.807) is 0 Å². The van der Waals surface area contributed by atoms with E-state index >= 15 is 0 Å². The topological polar surface area (TPSA) is 132 Å². The first kappa shape index (κ1) is 13.7. The van der Waals surface area contributed by atoms with E-state index in [4.69, 9.17) is 5.11 Å². The van der Waals surface area contributed by atoms with Gasteiger partial charge in [0.2, 0.25) is 5.91 Å². The molecule has 0 spiro atoms. The Bertz CT molecular complexity index is 517. The fourth-order valence-corrected chi connectivity index (χ4v) is 1.32. The monoisotopic (exact) mass is 255 g/mol. The Labute approximate surface area is 101 Å². The molecule has 98 valence electrons. The van der Waals surface area contributed by atoms with Crippen molar-refractivity contribution in [1.29, 1.82) is 0 Å². The molecule has 8 heteroatoms. The van der Waals surface area contributed by atoms with Crippen LogP contribution in [0.15, 0.2) is 15.7 Å². The highest BCUT2D eigenvalue weighted by Gasteiger charge is 2.05. The summed E-state index contributed by atoms with van der Waals surface area (Å²) in [6.07, 6.45) is 0.168. The molecule has 0 aliphatic rings. The highest BCUT2D eigenvalue weighted by Crippen LogP contribution is 1.90. The second kappa shape index (κ2) is 6.38. The van der Waals surface area contributed by atoms with Gasteiger partial charge in [-0.1, -0.05) is 0 Å². The van der Waals surface area contributed by atoms with Gasteiger partial charge >= 0.3 is 11.7 Å². The number of aliphatic carboxylic acids is 1. The van der Waals surface area contributed by atoms with Crippen molar-refractivity contribution in [3.05, 3.63) is 32.6 Å². The molecule has 0 aromatic carbocycles. The molecule has 1 rings (SSSR count). The molecule has 1 aromatic heterocycles. The lowest BCUT2D eigenvalue weighted by atomic mass is 10.2. The number of carbonyl (C=O) groups excluding carboxylic acids is 1. The number of hydrogen-bond donors (Lipinski definition) is 4. The summed E-state index contributed by atoms with van der Waals surface area (Å²) in [4.78, 5) is 47.8. The van der Waals surface area contributed by atoms with Gasteiger partial charge in [0.25, 0.3) is 5.56 Å². The Balaban J connectivity index is 2.42. The van der Waals surface area contributed by atoms with Gasteiger partial charge < -0.3 is 15.4 Å². The first-order valence-electron chi connectivity index (χ1n) is 5.28. The second-order valence-corrected chi connectivity index (χ2v) is 3.64. The molecule has 8 nitrogen and oxygen atoms in total. The molecule has 0 atom stereocenters. The van der Waals surface area contributed by atoms with Crippen LogP contribution in [0.1, 0.15) is 18.5 Å². The number of rotatable bonds is 6. The van der Waals surface area contributed by atoms with E-state index in [0.717, 1.165) is 6.07 Å². The quantitative estimate of drug-likeness (QED) is 0.463. The molecular weight excluding hydrogens is 242 g/mol. The first-order chi connectivity index (χ1) is 8.47. The summed E-state index contributed by atoms with van der Waals surface area (Å²) in [7, 11) is 0. The van der Waals surface area contributed by atoms with Crippen LogP contribution in [0.3, 0.4) is 0 Å². The van der Waals surface area contributed by atoms with Crippen LogP contribution in [0.25, 0.3) is 0 Å². The van der Waals surface area contributed by atoms with Gasteiger partial charge in [-0.15, -0.1) is 0 Å². The number of carbonyl (C=O) groups is 2. The largest absolute Gasteiger partial charge is 0.481 e. The van der Waals surface area contributed by atoms with Crippen LogP contribution in [0.5, 0.6) is 0 Å². The third-order valence-electron chi connectivity index (χ3n) is 2.06. The Hall–Kier alpha value is -2.38. The van der Waals surface area contributed by atoms with Gasteiger partial charge in [-0.25, -0.2) is 4.79 Å². The van der Waals surface area contributed by atoms with Crippen LogP contribution in [0.2, 0.25) is 0 Å². The minimum atomic E-state index is -0.928. The van der Waals surface area contributed by atoms with E-state index < -0.39 is 17.2 Å². The van der Waals surface area contributed by atoms with Crippen molar-refractivity contribution in [3.8, 4) is 0 Å². The lowest BCUT2D eigenvalue weighted by molar-refractivity contribution is -0.137. The van der Waals surface area contributed by atoms with Crippen molar-refractivity contribution in [2.45, 2.75) is 19.3 Å². The van der Waals surface area contributed by atoms with Gasteiger partial charge in [-0.2, -0.15) is 0 Å². The van der Waals surface area contributed by atoms with Crippen LogP contribution in [-0.2, 0) is 16.0 Å². The lowest BCUT2D eigenvalue weighted by Gasteiger charge is -2.03. The summed E-state index contributed by atoms with van der Waals surface area (Å²) in [6, 6.07) is 1.12. The molecule has 0 bridgehead atoms. The molecule has 0 fully saturated rings. The maximum Gasteiger partial charge on any atom is 0.325 e. The highest BCUT2D eigenvalue weighted by atomic mass is 16.4. The summed E-state index contributed by atoms with van der Waals surface area (Å²) < 4.78 is 0. The maximum atomic E-state index is 11.4. The molecule has 1 aromatic rings. The standard InChI is InChI=1S/C10H13N3O5/c14-7(11-3-1-2-9(16)17)4-6-5-8(15)13-10(18)12-6/h5H,1-4H2,(H,11,14)(H,16,17)(H2,12,13,15,18). The predicted molar refractivity (Wildman–Crippen MR) is 61.3 cm³/mol. The first-order valence-corrected chi connectivity index (χ1v) is 5.28. The SMILES string of the molecule is O=C(O)CCCNC(=O)Cc1cc(=O)[nH]c(=O)[nH]1. The van der Waals surface area contributed by atoms with Gasteiger partial charge in [-0.3, -0.25) is 19.4 Å². The van der Waals surface area contributed by atoms with E-state index in [-0.39, 0.29) is 31.0 Å². The molecule has 18 heavy (non-hydrogen) atoms.